The molecule has 0 bridgehead atoms. The summed E-state index contributed by atoms with van der Waals surface area (Å²) in [6.07, 6.45) is 0. The van der Waals surface area contributed by atoms with Crippen molar-refractivity contribution in [1.82, 2.24) is 0 Å². The van der Waals surface area contributed by atoms with Crippen molar-refractivity contribution in [3.05, 3.63) is 0 Å². The number of hydrogen-bond acceptors (Lipinski definition) is 4. The Morgan fingerprint density at radius 3 is 0.833 bits per heavy atom. The topological polar surface area (TPSA) is 68.3 Å². The molecule has 6 heteroatoms. The maximum atomic E-state index is 8.64. The minimum atomic E-state index is -6.11. The summed E-state index contributed by atoms with van der Waals surface area (Å²) in [5, 5.41) is 0. The van der Waals surface area contributed by atoms with Gasteiger partial charge in [0, 0.05) is 0 Å². The molecule has 0 aromatic carbocycles. The van der Waals surface area contributed by atoms with Gasteiger partial charge >= 0.3 is 80.6 Å². The minimum absolute atomic E-state index is 0. The van der Waals surface area contributed by atoms with Crippen LogP contribution in [0.2, 0.25) is 0 Å². The molecule has 0 amide bonds. The van der Waals surface area contributed by atoms with Gasteiger partial charge in [0.15, 0.2) is 0 Å². The first kappa shape index (κ1) is 10.5. The molecule has 0 radical (unpaired) electrons. The summed E-state index contributed by atoms with van der Waals surface area (Å²) in [6, 6.07) is 0. The van der Waals surface area contributed by atoms with Gasteiger partial charge in [0.05, 0.1) is 0 Å². The second-order valence-electron chi connectivity index (χ2n) is 0.378. The molecule has 0 saturated carbocycles. The molecule has 0 unspecified atom stereocenters. The van der Waals surface area contributed by atoms with Crippen molar-refractivity contribution in [3.8, 4) is 0 Å². The van der Waals surface area contributed by atoms with E-state index in [9.17, 15) is 0 Å². The van der Waals surface area contributed by atoms with Crippen LogP contribution in [0.1, 0.15) is 0 Å². The van der Waals surface area contributed by atoms with Crippen molar-refractivity contribution in [1.29, 1.82) is 0 Å². The molecule has 0 atom stereocenters. The second-order valence-corrected chi connectivity index (χ2v) is 3.09. The van der Waals surface area contributed by atoms with Gasteiger partial charge < -0.3 is 0 Å². The molecule has 4 nitrogen and oxygen atoms in total. The van der Waals surface area contributed by atoms with E-state index in [2.05, 4.69) is 0 Å². The molecule has 0 heterocycles. The van der Waals surface area contributed by atoms with Crippen molar-refractivity contribution in [2.75, 3.05) is 0 Å². The van der Waals surface area contributed by atoms with Crippen LogP contribution in [0.4, 0.5) is 0 Å². The van der Waals surface area contributed by atoms with Gasteiger partial charge in [-0.3, -0.25) is 0 Å². The quantitative estimate of drug-likeness (QED) is 0.530. The molecule has 33 valence electrons. The standard InChI is InChI=1S/K.4O.Re.H. The predicted molar refractivity (Wildman–Crippen MR) is 9.89 cm³/mol. The Bertz CT molecular complexity index is 159. The van der Waals surface area contributed by atoms with Crippen LogP contribution in [0.15, 0.2) is 0 Å². The van der Waals surface area contributed by atoms with E-state index in [4.69, 9.17) is 13.9 Å². The Labute approximate surface area is 78.9 Å². The average molecular weight is 290 g/mol. The van der Waals surface area contributed by atoms with E-state index in [1.54, 1.807) is 0 Å². The van der Waals surface area contributed by atoms with Crippen LogP contribution in [0, 0.1) is 0 Å². The molecule has 0 aliphatic carbocycles. The van der Waals surface area contributed by atoms with E-state index in [0.29, 0.717) is 0 Å². The van der Waals surface area contributed by atoms with Crippen LogP contribution in [0.5, 0.6) is 0 Å². The van der Waals surface area contributed by atoms with Crippen LogP contribution in [0.25, 0.3) is 0 Å². The van der Waals surface area contributed by atoms with Crippen LogP contribution in [0.3, 0.4) is 0 Å². The number of hydrogen-bond donors (Lipinski definition) is 0. The second kappa shape index (κ2) is 3.49. The van der Waals surface area contributed by atoms with Gasteiger partial charge in [-0.2, -0.15) is 0 Å². The van der Waals surface area contributed by atoms with Crippen molar-refractivity contribution < 1.29 is 29.2 Å². The fourth-order valence-corrected chi connectivity index (χ4v) is 0. The Balaban J connectivity index is 0. The average Bonchev–Trinajstić information content (AvgIpc) is 0.722. The van der Waals surface area contributed by atoms with E-state index in [1.165, 1.54) is 0 Å². The van der Waals surface area contributed by atoms with Gasteiger partial charge in [-0.15, -0.1) is 0 Å². The summed E-state index contributed by atoms with van der Waals surface area (Å²) in [4.78, 5) is 0. The third kappa shape index (κ3) is 49.5. The summed E-state index contributed by atoms with van der Waals surface area (Å²) < 4.78 is 34.6. The summed E-state index contributed by atoms with van der Waals surface area (Å²) in [5.41, 5.74) is 0. The molecule has 0 aromatic rings. The molecule has 0 aromatic heterocycles. The van der Waals surface area contributed by atoms with E-state index < -0.39 is 15.4 Å². The Hall–Kier alpha value is 1.50. The van der Waals surface area contributed by atoms with Crippen molar-refractivity contribution >= 4 is 51.4 Å². The van der Waals surface area contributed by atoms with E-state index in [-0.39, 0.29) is 51.4 Å². The van der Waals surface area contributed by atoms with Gasteiger partial charge in [-0.25, -0.2) is 0 Å². The molecular weight excluding hydrogens is 289 g/mol. The molecule has 0 saturated heterocycles. The van der Waals surface area contributed by atoms with Crippen molar-refractivity contribution in [2.45, 2.75) is 0 Å². The molecular formula is HKO4Re. The van der Waals surface area contributed by atoms with Gasteiger partial charge in [-0.1, -0.05) is 0 Å². The van der Waals surface area contributed by atoms with Gasteiger partial charge in [0.1, 0.15) is 0 Å². The third-order valence-corrected chi connectivity index (χ3v) is 0. The van der Waals surface area contributed by atoms with Crippen molar-refractivity contribution in [3.63, 3.8) is 0 Å². The predicted octanol–water partition coefficient (Wildman–Crippen LogP) is -1.13. The monoisotopic (exact) mass is 291 g/mol. The SMILES string of the molecule is [KH].[O]=[Re](=[O])(=[O])=[O]. The summed E-state index contributed by atoms with van der Waals surface area (Å²) >= 11 is -6.11. The van der Waals surface area contributed by atoms with Crippen LogP contribution in [-0.4, -0.2) is 51.4 Å². The van der Waals surface area contributed by atoms with E-state index in [0.717, 1.165) is 0 Å². The van der Waals surface area contributed by atoms with Gasteiger partial charge in [0.2, 0.25) is 0 Å². The van der Waals surface area contributed by atoms with Crippen LogP contribution < -0.4 is 0 Å². The zero-order valence-electron chi connectivity index (χ0n) is 2.01. The number of rotatable bonds is 0. The van der Waals surface area contributed by atoms with E-state index >= 15 is 0 Å². The zero-order valence-corrected chi connectivity index (χ0v) is 4.73. The fraction of sp³-hybridized carbons (Fsp3) is 0. The third-order valence-electron chi connectivity index (χ3n) is 0. The zero-order chi connectivity index (χ0) is 4.50. The molecule has 0 aliphatic heterocycles. The van der Waals surface area contributed by atoms with Crippen LogP contribution in [-0.2, 0) is 29.2 Å². The molecule has 0 N–H and O–H groups in total. The molecule has 0 rings (SSSR count). The van der Waals surface area contributed by atoms with E-state index in [1.807, 2.05) is 0 Å². The molecule has 0 aliphatic rings. The first-order valence-corrected chi connectivity index (χ1v) is 5.05. The Kier molecular flexibility index (Phi) is 6.10. The summed E-state index contributed by atoms with van der Waals surface area (Å²) in [6.45, 7) is 0. The van der Waals surface area contributed by atoms with Gasteiger partial charge in [-0.05, 0) is 0 Å². The first-order chi connectivity index (χ1) is 2.00. The van der Waals surface area contributed by atoms with Gasteiger partial charge in [0.25, 0.3) is 0 Å². The molecule has 6 heavy (non-hydrogen) atoms. The first-order valence-electron chi connectivity index (χ1n) is 0.617. The molecule has 0 spiro atoms. The molecule has 0 fully saturated rings. The maximum absolute atomic E-state index is 8.64. The van der Waals surface area contributed by atoms with Crippen molar-refractivity contribution in [2.24, 2.45) is 0 Å². The Morgan fingerprint density at radius 1 is 0.833 bits per heavy atom. The normalized spacial score (nSPS) is 9.33. The summed E-state index contributed by atoms with van der Waals surface area (Å²) in [7, 11) is 0. The Morgan fingerprint density at radius 2 is 0.833 bits per heavy atom. The van der Waals surface area contributed by atoms with Crippen LogP contribution >= 0.6 is 0 Å². The fourth-order valence-electron chi connectivity index (χ4n) is 0. The summed E-state index contributed by atoms with van der Waals surface area (Å²) in [5.74, 6) is 0.